The van der Waals surface area contributed by atoms with E-state index in [2.05, 4.69) is 143 Å². The fraction of sp³-hybridized carbons (Fsp3) is 0.0571. The number of dihydropyridines is 1. The summed E-state index contributed by atoms with van der Waals surface area (Å²) in [6, 6.07) is 43.7. The van der Waals surface area contributed by atoms with E-state index in [4.69, 9.17) is 4.99 Å². The number of allylic oxidation sites excluding steroid dienone is 1. The summed E-state index contributed by atoms with van der Waals surface area (Å²) < 4.78 is 2.38. The first-order valence-corrected chi connectivity index (χ1v) is 13.1. The molecule has 2 aliphatic heterocycles. The second-order valence-electron chi connectivity index (χ2n) is 10.0. The van der Waals surface area contributed by atoms with Crippen molar-refractivity contribution in [1.29, 1.82) is 0 Å². The number of para-hydroxylation sites is 3. The minimum absolute atomic E-state index is 0.0516. The van der Waals surface area contributed by atoms with Gasteiger partial charge in [-0.25, -0.2) is 0 Å². The van der Waals surface area contributed by atoms with Crippen LogP contribution in [0.3, 0.4) is 0 Å². The number of aromatic nitrogens is 1. The summed E-state index contributed by atoms with van der Waals surface area (Å²) in [5.41, 5.74) is 9.82. The second kappa shape index (κ2) is 8.32. The van der Waals surface area contributed by atoms with Crippen LogP contribution in [0.25, 0.3) is 38.6 Å². The number of rotatable bonds is 3. The van der Waals surface area contributed by atoms with Crippen molar-refractivity contribution < 1.29 is 0 Å². The van der Waals surface area contributed by atoms with Crippen molar-refractivity contribution in [2.75, 3.05) is 4.90 Å². The zero-order valence-corrected chi connectivity index (χ0v) is 20.8. The zero-order chi connectivity index (χ0) is 25.1. The molecular weight excluding hydrogens is 462 g/mol. The first-order valence-electron chi connectivity index (χ1n) is 13.1. The quantitative estimate of drug-likeness (QED) is 0.245. The molecular formula is C35H25N3. The SMILES string of the molecule is C1=CC2c3cc(-c4ccc5c6ccccc6n(-c6ccccc6)c5c4)ccc3N(c3ccccc3)C2N=C1. The van der Waals surface area contributed by atoms with Crippen LogP contribution in [-0.2, 0) is 0 Å². The Labute approximate surface area is 221 Å². The van der Waals surface area contributed by atoms with Crippen LogP contribution in [0.15, 0.2) is 138 Å². The summed E-state index contributed by atoms with van der Waals surface area (Å²) >= 11 is 0. The van der Waals surface area contributed by atoms with E-state index in [1.54, 1.807) is 0 Å². The highest BCUT2D eigenvalue weighted by atomic mass is 15.3. The van der Waals surface area contributed by atoms with E-state index < -0.39 is 0 Å². The molecule has 0 saturated heterocycles. The third kappa shape index (κ3) is 3.12. The van der Waals surface area contributed by atoms with E-state index >= 15 is 0 Å². The van der Waals surface area contributed by atoms with Gasteiger partial charge >= 0.3 is 0 Å². The summed E-state index contributed by atoms with van der Waals surface area (Å²) in [4.78, 5) is 7.26. The van der Waals surface area contributed by atoms with Gasteiger partial charge in [-0.05, 0) is 71.3 Å². The highest BCUT2D eigenvalue weighted by Crippen LogP contribution is 2.48. The van der Waals surface area contributed by atoms with E-state index in [1.807, 2.05) is 6.21 Å². The molecule has 3 heterocycles. The van der Waals surface area contributed by atoms with Gasteiger partial charge in [0.2, 0.25) is 0 Å². The Morgan fingerprint density at radius 3 is 2.11 bits per heavy atom. The molecule has 5 aromatic carbocycles. The molecule has 2 unspecified atom stereocenters. The number of hydrogen-bond acceptors (Lipinski definition) is 2. The molecule has 38 heavy (non-hydrogen) atoms. The lowest BCUT2D eigenvalue weighted by Crippen LogP contribution is -2.28. The Balaban J connectivity index is 1.31. The lowest BCUT2D eigenvalue weighted by atomic mass is 9.93. The maximum atomic E-state index is 4.89. The molecule has 0 fully saturated rings. The van der Waals surface area contributed by atoms with E-state index in [0.29, 0.717) is 0 Å². The van der Waals surface area contributed by atoms with Crippen LogP contribution in [0, 0.1) is 0 Å². The smallest absolute Gasteiger partial charge is 0.135 e. The van der Waals surface area contributed by atoms with Crippen molar-refractivity contribution >= 4 is 39.4 Å². The first kappa shape index (κ1) is 21.2. The molecule has 1 aromatic heterocycles. The van der Waals surface area contributed by atoms with Crippen molar-refractivity contribution in [2.45, 2.75) is 12.1 Å². The lowest BCUT2D eigenvalue weighted by molar-refractivity contribution is 0.659. The molecule has 0 bridgehead atoms. The highest BCUT2D eigenvalue weighted by molar-refractivity contribution is 6.10. The van der Waals surface area contributed by atoms with Crippen molar-refractivity contribution in [3.05, 3.63) is 139 Å². The van der Waals surface area contributed by atoms with Gasteiger partial charge in [0, 0.05) is 40.0 Å². The van der Waals surface area contributed by atoms with Crippen LogP contribution < -0.4 is 4.90 Å². The predicted molar refractivity (Wildman–Crippen MR) is 159 cm³/mol. The number of nitrogens with zero attached hydrogens (tertiary/aromatic N) is 3. The van der Waals surface area contributed by atoms with Gasteiger partial charge in [-0.1, -0.05) is 78.9 Å². The number of aliphatic imine (C=N–C) groups is 1. The summed E-state index contributed by atoms with van der Waals surface area (Å²) in [7, 11) is 0. The normalized spacial score (nSPS) is 17.7. The maximum Gasteiger partial charge on any atom is 0.135 e. The Bertz CT molecular complexity index is 1880. The maximum absolute atomic E-state index is 4.89. The summed E-state index contributed by atoms with van der Waals surface area (Å²) in [5.74, 6) is 0.231. The fourth-order valence-electron chi connectivity index (χ4n) is 6.24. The molecule has 8 rings (SSSR count). The molecule has 0 amide bonds. The van der Waals surface area contributed by atoms with Gasteiger partial charge in [-0.2, -0.15) is 0 Å². The number of fused-ring (bicyclic) bond motifs is 6. The molecule has 0 spiro atoms. The van der Waals surface area contributed by atoms with Crippen LogP contribution in [0.5, 0.6) is 0 Å². The Kier molecular flexibility index (Phi) is 4.65. The van der Waals surface area contributed by atoms with Crippen molar-refractivity contribution in [1.82, 2.24) is 4.57 Å². The largest absolute Gasteiger partial charge is 0.318 e. The molecule has 3 nitrogen and oxygen atoms in total. The summed E-state index contributed by atoms with van der Waals surface area (Å²) in [6.07, 6.45) is 6.35. The van der Waals surface area contributed by atoms with Crippen molar-refractivity contribution in [2.24, 2.45) is 4.99 Å². The standard InChI is InChI=1S/C35H25N3/c1-3-10-26(11-4-1)37-32-16-8-7-14-28(32)29-19-17-25(23-34(29)37)24-18-20-33-31(22-24)30-15-9-21-36-35(30)38(33)27-12-5-2-6-13-27/h1-23,30,35H. The molecule has 3 heteroatoms. The minimum atomic E-state index is 0.0516. The Hall–Kier alpha value is -4.89. The molecule has 0 saturated carbocycles. The van der Waals surface area contributed by atoms with Gasteiger partial charge in [0.1, 0.15) is 6.17 Å². The summed E-state index contributed by atoms with van der Waals surface area (Å²) in [6.45, 7) is 0. The average Bonchev–Trinajstić information content (AvgIpc) is 3.50. The van der Waals surface area contributed by atoms with E-state index in [0.717, 1.165) is 0 Å². The van der Waals surface area contributed by atoms with Gasteiger partial charge in [0.05, 0.1) is 11.0 Å². The van der Waals surface area contributed by atoms with Gasteiger partial charge in [0.25, 0.3) is 0 Å². The van der Waals surface area contributed by atoms with Crippen LogP contribution in [0.2, 0.25) is 0 Å². The third-order valence-corrected chi connectivity index (χ3v) is 7.93. The second-order valence-corrected chi connectivity index (χ2v) is 10.0. The van der Waals surface area contributed by atoms with E-state index in [9.17, 15) is 0 Å². The van der Waals surface area contributed by atoms with Crippen molar-refractivity contribution in [3.8, 4) is 16.8 Å². The monoisotopic (exact) mass is 487 g/mol. The van der Waals surface area contributed by atoms with Crippen LogP contribution >= 0.6 is 0 Å². The molecule has 0 radical (unpaired) electrons. The van der Waals surface area contributed by atoms with E-state index in [-0.39, 0.29) is 12.1 Å². The Morgan fingerprint density at radius 1 is 0.579 bits per heavy atom. The van der Waals surface area contributed by atoms with Gasteiger partial charge in [0.15, 0.2) is 0 Å². The summed E-state index contributed by atoms with van der Waals surface area (Å²) in [5, 5.41) is 2.55. The van der Waals surface area contributed by atoms with E-state index in [1.165, 1.54) is 55.6 Å². The average molecular weight is 488 g/mol. The third-order valence-electron chi connectivity index (χ3n) is 7.93. The molecule has 180 valence electrons. The minimum Gasteiger partial charge on any atom is -0.318 e. The molecule has 2 atom stereocenters. The fourth-order valence-corrected chi connectivity index (χ4v) is 6.24. The van der Waals surface area contributed by atoms with Gasteiger partial charge in [-0.3, -0.25) is 4.99 Å². The van der Waals surface area contributed by atoms with Gasteiger partial charge in [-0.15, -0.1) is 0 Å². The lowest BCUT2D eigenvalue weighted by Gasteiger charge is -2.27. The molecule has 0 N–H and O–H groups in total. The number of anilines is 2. The number of hydrogen-bond donors (Lipinski definition) is 0. The van der Waals surface area contributed by atoms with Crippen molar-refractivity contribution in [3.63, 3.8) is 0 Å². The van der Waals surface area contributed by atoms with Gasteiger partial charge < -0.3 is 9.47 Å². The van der Waals surface area contributed by atoms with Crippen LogP contribution in [0.4, 0.5) is 11.4 Å². The Morgan fingerprint density at radius 2 is 1.26 bits per heavy atom. The molecule has 0 aliphatic carbocycles. The van der Waals surface area contributed by atoms with Crippen LogP contribution in [-0.4, -0.2) is 16.9 Å². The topological polar surface area (TPSA) is 20.5 Å². The first-order chi connectivity index (χ1) is 18.9. The molecule has 2 aliphatic rings. The number of benzene rings is 5. The predicted octanol–water partition coefficient (Wildman–Crippen LogP) is 8.65. The van der Waals surface area contributed by atoms with Crippen LogP contribution in [0.1, 0.15) is 11.5 Å². The highest BCUT2D eigenvalue weighted by Gasteiger charge is 2.38. The zero-order valence-electron chi connectivity index (χ0n) is 20.8. The molecule has 6 aromatic rings.